The average Bonchev–Trinajstić information content (AvgIpc) is 3.30. The molecule has 0 saturated carbocycles. The van der Waals surface area contributed by atoms with Crippen molar-refractivity contribution in [3.05, 3.63) is 101 Å². The van der Waals surface area contributed by atoms with Crippen LogP contribution >= 0.6 is 0 Å². The number of aromatic nitrogens is 3. The Labute approximate surface area is 186 Å². The number of fused-ring (bicyclic) bond motifs is 4. The maximum atomic E-state index is 13.6. The molecule has 4 heteroatoms. The van der Waals surface area contributed by atoms with Crippen LogP contribution in [-0.4, -0.2) is 20.5 Å². The summed E-state index contributed by atoms with van der Waals surface area (Å²) >= 11 is 0. The Morgan fingerprint density at radius 2 is 1.47 bits per heavy atom. The van der Waals surface area contributed by atoms with E-state index in [2.05, 4.69) is 32.0 Å². The van der Waals surface area contributed by atoms with Crippen molar-refractivity contribution in [1.29, 1.82) is 0 Å². The van der Waals surface area contributed by atoms with E-state index in [0.717, 1.165) is 44.8 Å². The summed E-state index contributed by atoms with van der Waals surface area (Å²) in [5.74, 6) is 0.0325. The van der Waals surface area contributed by atoms with E-state index in [9.17, 15) is 4.79 Å². The van der Waals surface area contributed by atoms with Gasteiger partial charge in [-0.15, -0.1) is 0 Å². The number of benzene rings is 3. The second kappa shape index (κ2) is 6.72. The summed E-state index contributed by atoms with van der Waals surface area (Å²) in [5, 5.41) is 5.78. The third-order valence-corrected chi connectivity index (χ3v) is 6.44. The Morgan fingerprint density at radius 1 is 0.750 bits per heavy atom. The van der Waals surface area contributed by atoms with Gasteiger partial charge >= 0.3 is 0 Å². The lowest BCUT2D eigenvalue weighted by Gasteiger charge is -2.13. The second-order valence-electron chi connectivity index (χ2n) is 8.42. The zero-order valence-corrected chi connectivity index (χ0v) is 18.2. The number of carbonyl (C=O) groups is 1. The maximum Gasteiger partial charge on any atom is 0.196 e. The number of nitrogens with zero attached hydrogens (tertiary/aromatic N) is 3. The predicted molar refractivity (Wildman–Crippen MR) is 127 cm³/mol. The van der Waals surface area contributed by atoms with Crippen LogP contribution in [0.15, 0.2) is 72.8 Å². The summed E-state index contributed by atoms with van der Waals surface area (Å²) in [7, 11) is 0. The van der Waals surface area contributed by atoms with Gasteiger partial charge in [-0.3, -0.25) is 4.79 Å². The van der Waals surface area contributed by atoms with Gasteiger partial charge in [-0.2, -0.15) is 5.10 Å². The zero-order valence-electron chi connectivity index (χ0n) is 18.2. The Hall–Kier alpha value is -4.05. The highest BCUT2D eigenvalue weighted by Gasteiger charge is 2.34. The molecule has 2 aromatic heterocycles. The van der Waals surface area contributed by atoms with Gasteiger partial charge in [0.15, 0.2) is 11.4 Å². The first-order valence-corrected chi connectivity index (χ1v) is 10.7. The molecule has 1 aliphatic rings. The first kappa shape index (κ1) is 18.7. The van der Waals surface area contributed by atoms with Crippen molar-refractivity contribution in [2.24, 2.45) is 0 Å². The summed E-state index contributed by atoms with van der Waals surface area (Å²) in [6.45, 7) is 6.20. The number of ketones is 1. The molecule has 0 N–H and O–H groups in total. The van der Waals surface area contributed by atoms with Gasteiger partial charge in [0.1, 0.15) is 0 Å². The van der Waals surface area contributed by atoms with E-state index in [1.54, 1.807) is 0 Å². The molecule has 0 fully saturated rings. The lowest BCUT2D eigenvalue weighted by molar-refractivity contribution is 0.104. The number of carbonyl (C=O) groups excluding carboxylic acids is 1. The molecule has 4 nitrogen and oxygen atoms in total. The summed E-state index contributed by atoms with van der Waals surface area (Å²) in [6, 6.07) is 24.2. The quantitative estimate of drug-likeness (QED) is 0.337. The minimum Gasteiger partial charge on any atom is -0.288 e. The van der Waals surface area contributed by atoms with Gasteiger partial charge < -0.3 is 0 Å². The van der Waals surface area contributed by atoms with Crippen LogP contribution in [0.5, 0.6) is 0 Å². The fourth-order valence-electron chi connectivity index (χ4n) is 4.69. The van der Waals surface area contributed by atoms with Crippen LogP contribution in [0.1, 0.15) is 32.7 Å². The molecule has 6 rings (SSSR count). The first-order chi connectivity index (χ1) is 15.5. The van der Waals surface area contributed by atoms with Gasteiger partial charge in [0, 0.05) is 16.7 Å². The third-order valence-electron chi connectivity index (χ3n) is 6.44. The minimum absolute atomic E-state index is 0.0325. The molecule has 0 spiro atoms. The highest BCUT2D eigenvalue weighted by molar-refractivity contribution is 6.26. The SMILES string of the molecule is Cc1ccc(-c2c3c(nc4c2c(C)nn4-c2ccccc2)-c2ccccc2C3=O)cc1C. The standard InChI is InChI=1S/C28H21N3O/c1-16-13-14-19(15-17(16)2)24-23-18(3)30-31(20-9-5-4-6-10-20)28(23)29-26-21-11-7-8-12-22(21)27(32)25(24)26/h4-15H,1-3H3. The molecule has 2 heterocycles. The number of aryl methyl sites for hydroxylation is 3. The first-order valence-electron chi connectivity index (χ1n) is 10.7. The van der Waals surface area contributed by atoms with Crippen molar-refractivity contribution in [2.45, 2.75) is 20.8 Å². The van der Waals surface area contributed by atoms with Gasteiger partial charge in [0.2, 0.25) is 0 Å². The molecule has 0 radical (unpaired) electrons. The van der Waals surface area contributed by atoms with E-state index >= 15 is 0 Å². The smallest absolute Gasteiger partial charge is 0.196 e. The Bertz CT molecular complexity index is 1560. The van der Waals surface area contributed by atoms with E-state index < -0.39 is 0 Å². The lowest BCUT2D eigenvalue weighted by atomic mass is 9.92. The molecule has 0 amide bonds. The van der Waals surface area contributed by atoms with Crippen molar-refractivity contribution >= 4 is 16.8 Å². The summed E-state index contributed by atoms with van der Waals surface area (Å²) in [5.41, 5.74) is 9.95. The number of rotatable bonds is 2. The van der Waals surface area contributed by atoms with Crippen LogP contribution in [0.2, 0.25) is 0 Å². The normalized spacial score (nSPS) is 12.3. The van der Waals surface area contributed by atoms with Crippen LogP contribution < -0.4 is 0 Å². The number of para-hydroxylation sites is 1. The molecule has 5 aromatic rings. The molecule has 0 atom stereocenters. The molecule has 154 valence electrons. The molecular weight excluding hydrogens is 394 g/mol. The third kappa shape index (κ3) is 2.53. The molecule has 0 bridgehead atoms. The van der Waals surface area contributed by atoms with Crippen LogP contribution in [-0.2, 0) is 0 Å². The van der Waals surface area contributed by atoms with Crippen molar-refractivity contribution in [1.82, 2.24) is 14.8 Å². The van der Waals surface area contributed by atoms with E-state index in [1.165, 1.54) is 11.1 Å². The van der Waals surface area contributed by atoms with E-state index in [1.807, 2.05) is 66.2 Å². The molecule has 3 aromatic carbocycles. The molecule has 32 heavy (non-hydrogen) atoms. The van der Waals surface area contributed by atoms with Gasteiger partial charge in [-0.05, 0) is 49.6 Å². The number of hydrogen-bond donors (Lipinski definition) is 0. The fourth-order valence-corrected chi connectivity index (χ4v) is 4.69. The zero-order chi connectivity index (χ0) is 22.0. The van der Waals surface area contributed by atoms with Gasteiger partial charge in [-0.1, -0.05) is 60.7 Å². The molecule has 0 aliphatic heterocycles. The maximum absolute atomic E-state index is 13.6. The van der Waals surface area contributed by atoms with Gasteiger partial charge in [-0.25, -0.2) is 9.67 Å². The van der Waals surface area contributed by atoms with Crippen molar-refractivity contribution in [3.63, 3.8) is 0 Å². The summed E-state index contributed by atoms with van der Waals surface area (Å²) in [6.07, 6.45) is 0. The Kier molecular flexibility index (Phi) is 3.93. The number of pyridine rings is 1. The van der Waals surface area contributed by atoms with Crippen molar-refractivity contribution in [3.8, 4) is 28.1 Å². The molecule has 0 unspecified atom stereocenters. The van der Waals surface area contributed by atoms with Crippen molar-refractivity contribution in [2.75, 3.05) is 0 Å². The predicted octanol–water partition coefficient (Wildman–Crippen LogP) is 6.22. The minimum atomic E-state index is 0.0325. The van der Waals surface area contributed by atoms with E-state index in [4.69, 9.17) is 10.1 Å². The average molecular weight is 415 g/mol. The Morgan fingerprint density at radius 3 is 2.22 bits per heavy atom. The van der Waals surface area contributed by atoms with E-state index in [0.29, 0.717) is 11.1 Å². The molecule has 1 aliphatic carbocycles. The highest BCUT2D eigenvalue weighted by Crippen LogP contribution is 2.45. The van der Waals surface area contributed by atoms with Gasteiger partial charge in [0.05, 0.1) is 28.0 Å². The van der Waals surface area contributed by atoms with Crippen LogP contribution in [0, 0.1) is 20.8 Å². The van der Waals surface area contributed by atoms with Crippen LogP contribution in [0.4, 0.5) is 0 Å². The van der Waals surface area contributed by atoms with E-state index in [-0.39, 0.29) is 5.78 Å². The second-order valence-corrected chi connectivity index (χ2v) is 8.42. The molecular formula is C28H21N3O. The van der Waals surface area contributed by atoms with Crippen LogP contribution in [0.25, 0.3) is 39.1 Å². The Balaban J connectivity index is 1.79. The van der Waals surface area contributed by atoms with Crippen molar-refractivity contribution < 1.29 is 4.79 Å². The summed E-state index contributed by atoms with van der Waals surface area (Å²) in [4.78, 5) is 18.6. The molecule has 0 saturated heterocycles. The largest absolute Gasteiger partial charge is 0.288 e. The highest BCUT2D eigenvalue weighted by atomic mass is 16.1. The fraction of sp³-hybridized carbons (Fsp3) is 0.107. The van der Waals surface area contributed by atoms with Gasteiger partial charge in [0.25, 0.3) is 0 Å². The van der Waals surface area contributed by atoms with Crippen LogP contribution in [0.3, 0.4) is 0 Å². The lowest BCUT2D eigenvalue weighted by Crippen LogP contribution is -2.02. The monoisotopic (exact) mass is 415 g/mol. The summed E-state index contributed by atoms with van der Waals surface area (Å²) < 4.78 is 1.89. The number of hydrogen-bond acceptors (Lipinski definition) is 3. The topological polar surface area (TPSA) is 47.8 Å².